The predicted octanol–water partition coefficient (Wildman–Crippen LogP) is 2.81. The summed E-state index contributed by atoms with van der Waals surface area (Å²) in [5.74, 6) is 0.497. The lowest BCUT2D eigenvalue weighted by atomic mass is 10.1. The van der Waals surface area contributed by atoms with Crippen LogP contribution in [0.15, 0.2) is 17.5 Å². The fourth-order valence-electron chi connectivity index (χ4n) is 1.60. The van der Waals surface area contributed by atoms with Gasteiger partial charge in [-0.3, -0.25) is 4.79 Å². The number of aliphatic hydroxyl groups is 1. The molecule has 0 spiro atoms. The van der Waals surface area contributed by atoms with Gasteiger partial charge in [0.2, 0.25) is 0 Å². The van der Waals surface area contributed by atoms with Crippen molar-refractivity contribution < 1.29 is 9.90 Å². The van der Waals surface area contributed by atoms with Crippen molar-refractivity contribution in [3.05, 3.63) is 22.4 Å². The Labute approximate surface area is 118 Å². The summed E-state index contributed by atoms with van der Waals surface area (Å²) >= 11 is 4.69. The van der Waals surface area contributed by atoms with E-state index in [-0.39, 0.29) is 12.5 Å². The largest absolute Gasteiger partial charge is 0.387 e. The van der Waals surface area contributed by atoms with E-state index in [2.05, 4.69) is 5.32 Å². The lowest BCUT2D eigenvalue weighted by Crippen LogP contribution is -2.42. The van der Waals surface area contributed by atoms with E-state index in [0.29, 0.717) is 10.6 Å². The van der Waals surface area contributed by atoms with Gasteiger partial charge in [-0.25, -0.2) is 0 Å². The van der Waals surface area contributed by atoms with E-state index in [1.54, 1.807) is 30.0 Å². The van der Waals surface area contributed by atoms with Gasteiger partial charge in [-0.1, -0.05) is 0 Å². The van der Waals surface area contributed by atoms with Crippen molar-refractivity contribution in [2.45, 2.75) is 12.5 Å². The minimum atomic E-state index is -0.857. The van der Waals surface area contributed by atoms with Crippen molar-refractivity contribution in [2.75, 3.05) is 18.6 Å². The van der Waals surface area contributed by atoms with Crippen LogP contribution in [0.5, 0.6) is 0 Å². The molecule has 2 aromatic rings. The molecule has 6 heteroatoms. The summed E-state index contributed by atoms with van der Waals surface area (Å²) in [4.78, 5) is 12.7. The number of carbonyl (C=O) groups excluding carboxylic acids is 1. The van der Waals surface area contributed by atoms with Gasteiger partial charge in [-0.05, 0) is 30.7 Å². The van der Waals surface area contributed by atoms with Gasteiger partial charge in [0, 0.05) is 21.7 Å². The van der Waals surface area contributed by atoms with Crippen molar-refractivity contribution >= 4 is 49.7 Å². The molecule has 0 aliphatic carbocycles. The van der Waals surface area contributed by atoms with Crippen LogP contribution in [0.4, 0.5) is 0 Å². The third kappa shape index (κ3) is 3.26. The van der Waals surface area contributed by atoms with Gasteiger partial charge in [0.15, 0.2) is 0 Å². The highest BCUT2D eigenvalue weighted by Gasteiger charge is 2.21. The van der Waals surface area contributed by atoms with Crippen molar-refractivity contribution in [3.63, 3.8) is 0 Å². The molecule has 98 valence electrons. The van der Waals surface area contributed by atoms with Crippen molar-refractivity contribution in [1.29, 1.82) is 0 Å². The first-order chi connectivity index (χ1) is 8.52. The van der Waals surface area contributed by atoms with Gasteiger partial charge in [0.25, 0.3) is 5.91 Å². The predicted molar refractivity (Wildman–Crippen MR) is 81.0 cm³/mol. The summed E-state index contributed by atoms with van der Waals surface area (Å²) in [6, 6.07) is 3.93. The number of hydrogen-bond donors (Lipinski definition) is 2. The molecule has 1 amide bonds. The number of fused-ring (bicyclic) bond motifs is 1. The molecule has 2 rings (SSSR count). The van der Waals surface area contributed by atoms with Gasteiger partial charge in [-0.15, -0.1) is 22.7 Å². The zero-order chi connectivity index (χ0) is 13.2. The Morgan fingerprint density at radius 2 is 2.33 bits per heavy atom. The highest BCUT2D eigenvalue weighted by Crippen LogP contribution is 2.29. The maximum atomic E-state index is 11.9. The quantitative estimate of drug-likeness (QED) is 0.893. The molecule has 0 saturated heterocycles. The first kappa shape index (κ1) is 13.9. The van der Waals surface area contributed by atoms with Crippen LogP contribution in [-0.2, 0) is 0 Å². The molecule has 1 atom stereocenters. The lowest BCUT2D eigenvalue weighted by molar-refractivity contribution is 0.0727. The zero-order valence-corrected chi connectivity index (χ0v) is 12.7. The summed E-state index contributed by atoms with van der Waals surface area (Å²) in [6.07, 6.45) is 1.93. The summed E-state index contributed by atoms with van der Waals surface area (Å²) in [5, 5.41) is 14.8. The van der Waals surface area contributed by atoms with Crippen molar-refractivity contribution in [3.8, 4) is 0 Å². The number of amides is 1. The molecule has 0 saturated carbocycles. The second kappa shape index (κ2) is 5.61. The molecule has 0 aromatic carbocycles. The van der Waals surface area contributed by atoms with Gasteiger partial charge < -0.3 is 10.4 Å². The molecule has 18 heavy (non-hydrogen) atoms. The van der Waals surface area contributed by atoms with Crippen molar-refractivity contribution in [2.24, 2.45) is 0 Å². The normalized spacial score (nSPS) is 14.6. The number of thiophene rings is 2. The third-order valence-electron chi connectivity index (χ3n) is 2.45. The highest BCUT2D eigenvalue weighted by molar-refractivity contribution is 7.98. The molecule has 0 aliphatic rings. The van der Waals surface area contributed by atoms with Crippen LogP contribution in [0, 0.1) is 0 Å². The number of thioether (sulfide) groups is 1. The van der Waals surface area contributed by atoms with E-state index in [1.165, 1.54) is 11.3 Å². The third-order valence-corrected chi connectivity index (χ3v) is 5.45. The zero-order valence-electron chi connectivity index (χ0n) is 10.2. The lowest BCUT2D eigenvalue weighted by Gasteiger charge is -2.22. The minimum absolute atomic E-state index is 0.107. The number of hydrogen-bond acceptors (Lipinski definition) is 5. The van der Waals surface area contributed by atoms with E-state index in [0.717, 1.165) is 9.40 Å². The maximum absolute atomic E-state index is 11.9. The summed E-state index contributed by atoms with van der Waals surface area (Å²) in [5.41, 5.74) is -0.857. The molecule has 1 unspecified atom stereocenters. The Morgan fingerprint density at radius 3 is 3.00 bits per heavy atom. The van der Waals surface area contributed by atoms with E-state index < -0.39 is 5.60 Å². The molecule has 2 heterocycles. The average Bonchev–Trinajstić information content (AvgIpc) is 2.85. The standard InChI is InChI=1S/C12H15NO2S3/c1-12(15,7-16-2)6-13-11(14)10-5-9-8(18-10)3-4-17-9/h3-5,15H,6-7H2,1-2H3,(H,13,14). The monoisotopic (exact) mass is 301 g/mol. The van der Waals surface area contributed by atoms with Crippen LogP contribution in [0.1, 0.15) is 16.6 Å². The van der Waals surface area contributed by atoms with Crippen LogP contribution in [0.3, 0.4) is 0 Å². The maximum Gasteiger partial charge on any atom is 0.261 e. The first-order valence-corrected chi connectivity index (χ1v) is 8.57. The Hall–Kier alpha value is -0.560. The Kier molecular flexibility index (Phi) is 4.32. The summed E-state index contributed by atoms with van der Waals surface area (Å²) < 4.78 is 2.28. The number of rotatable bonds is 5. The van der Waals surface area contributed by atoms with E-state index in [4.69, 9.17) is 0 Å². The molecule has 2 N–H and O–H groups in total. The van der Waals surface area contributed by atoms with Crippen LogP contribution in [0.2, 0.25) is 0 Å². The Morgan fingerprint density at radius 1 is 1.56 bits per heavy atom. The molecular weight excluding hydrogens is 286 g/mol. The molecule has 0 fully saturated rings. The Bertz CT molecular complexity index is 516. The van der Waals surface area contributed by atoms with Gasteiger partial charge in [0.1, 0.15) is 0 Å². The fourth-order valence-corrected chi connectivity index (χ4v) is 4.35. The summed E-state index contributed by atoms with van der Waals surface area (Å²) in [6.45, 7) is 2.01. The van der Waals surface area contributed by atoms with Crippen LogP contribution in [-0.4, -0.2) is 35.2 Å². The van der Waals surface area contributed by atoms with Gasteiger partial charge in [-0.2, -0.15) is 11.8 Å². The van der Waals surface area contributed by atoms with Crippen LogP contribution in [0.25, 0.3) is 9.40 Å². The average molecular weight is 301 g/mol. The second-order valence-corrected chi connectivity index (χ2v) is 7.27. The molecule has 0 bridgehead atoms. The molecule has 0 aliphatic heterocycles. The SMILES string of the molecule is CSCC(C)(O)CNC(=O)c1cc2sccc2s1. The smallest absolute Gasteiger partial charge is 0.261 e. The first-order valence-electron chi connectivity index (χ1n) is 5.48. The number of nitrogens with one attached hydrogen (secondary N) is 1. The molecule has 2 aromatic heterocycles. The number of carbonyl (C=O) groups is 1. The highest BCUT2D eigenvalue weighted by atomic mass is 32.2. The van der Waals surface area contributed by atoms with E-state index in [9.17, 15) is 9.90 Å². The topological polar surface area (TPSA) is 49.3 Å². The molecule has 3 nitrogen and oxygen atoms in total. The molecular formula is C12H15NO2S3. The molecule has 0 radical (unpaired) electrons. The van der Waals surface area contributed by atoms with Gasteiger partial charge >= 0.3 is 0 Å². The minimum Gasteiger partial charge on any atom is -0.387 e. The van der Waals surface area contributed by atoms with Crippen LogP contribution < -0.4 is 5.32 Å². The second-order valence-electron chi connectivity index (χ2n) is 4.37. The van der Waals surface area contributed by atoms with E-state index in [1.807, 2.05) is 23.8 Å². The Balaban J connectivity index is 1.98. The van der Waals surface area contributed by atoms with Gasteiger partial charge in [0.05, 0.1) is 10.5 Å². The van der Waals surface area contributed by atoms with Crippen molar-refractivity contribution in [1.82, 2.24) is 5.32 Å². The van der Waals surface area contributed by atoms with E-state index >= 15 is 0 Å². The van der Waals surface area contributed by atoms with Crippen LogP contribution >= 0.6 is 34.4 Å². The fraction of sp³-hybridized carbons (Fsp3) is 0.417. The summed E-state index contributed by atoms with van der Waals surface area (Å²) in [7, 11) is 0.